The Labute approximate surface area is 151 Å². The number of aryl methyl sites for hydroxylation is 1. The molecule has 1 aliphatic heterocycles. The van der Waals surface area contributed by atoms with Gasteiger partial charge in [0.1, 0.15) is 0 Å². The minimum Gasteiger partial charge on any atom is -0.379 e. The van der Waals surface area contributed by atoms with Crippen LogP contribution in [0.5, 0.6) is 0 Å². The molecule has 1 aromatic rings. The van der Waals surface area contributed by atoms with E-state index in [0.29, 0.717) is 17.7 Å². The summed E-state index contributed by atoms with van der Waals surface area (Å²) in [7, 11) is -2.03. The summed E-state index contributed by atoms with van der Waals surface area (Å²) in [5, 5.41) is 9.05. The summed E-state index contributed by atoms with van der Waals surface area (Å²) in [6.07, 6.45) is 0. The Kier molecular flexibility index (Phi) is 6.22. The highest BCUT2D eigenvalue weighted by Gasteiger charge is 2.31. The highest BCUT2D eigenvalue weighted by molar-refractivity contribution is 7.89. The predicted octanol–water partition coefficient (Wildman–Crippen LogP) is 1.85. The third-order valence-electron chi connectivity index (χ3n) is 4.41. The van der Waals surface area contributed by atoms with Crippen LogP contribution in [0.2, 0.25) is 0 Å². The summed E-state index contributed by atoms with van der Waals surface area (Å²) in [6, 6.07) is 6.78. The van der Waals surface area contributed by atoms with Crippen molar-refractivity contribution in [2.24, 2.45) is 5.41 Å². The largest absolute Gasteiger partial charge is 0.379 e. The second kappa shape index (κ2) is 7.83. The fraction of sp³-hybridized carbons (Fsp3) is 0.611. The number of hydrogen-bond acceptors (Lipinski definition) is 5. The molecule has 1 heterocycles. The number of rotatable bonds is 6. The molecule has 1 fully saturated rings. The molecule has 1 aromatic carbocycles. The molecular formula is C18H27N3O3S. The lowest BCUT2D eigenvalue weighted by Crippen LogP contribution is -2.46. The average Bonchev–Trinajstić information content (AvgIpc) is 2.55. The number of benzene rings is 1. The zero-order valence-corrected chi connectivity index (χ0v) is 16.3. The Hall–Kier alpha value is -1.46. The van der Waals surface area contributed by atoms with Crippen LogP contribution in [-0.4, -0.2) is 64.1 Å². The summed E-state index contributed by atoms with van der Waals surface area (Å²) in [4.78, 5) is 2.52. The second-order valence-electron chi connectivity index (χ2n) is 7.41. The molecular weight excluding hydrogens is 338 g/mol. The molecule has 0 aromatic heterocycles. The Balaban J connectivity index is 2.15. The van der Waals surface area contributed by atoms with E-state index in [1.54, 1.807) is 26.1 Å². The van der Waals surface area contributed by atoms with E-state index in [1.807, 2.05) is 6.07 Å². The lowest BCUT2D eigenvalue weighted by Gasteiger charge is -2.36. The molecule has 1 saturated heterocycles. The van der Waals surface area contributed by atoms with Gasteiger partial charge in [0.05, 0.1) is 29.7 Å². The van der Waals surface area contributed by atoms with Gasteiger partial charge in [-0.3, -0.25) is 4.90 Å². The van der Waals surface area contributed by atoms with Gasteiger partial charge in [-0.1, -0.05) is 19.9 Å². The van der Waals surface area contributed by atoms with Crippen LogP contribution in [0.15, 0.2) is 23.1 Å². The van der Waals surface area contributed by atoms with Crippen LogP contribution < -0.4 is 0 Å². The van der Waals surface area contributed by atoms with E-state index in [-0.39, 0.29) is 10.3 Å². The summed E-state index contributed by atoms with van der Waals surface area (Å²) in [5.74, 6) is 0. The summed E-state index contributed by atoms with van der Waals surface area (Å²) >= 11 is 0. The molecule has 25 heavy (non-hydrogen) atoms. The Morgan fingerprint density at radius 3 is 2.56 bits per heavy atom. The fourth-order valence-corrected chi connectivity index (χ4v) is 4.82. The van der Waals surface area contributed by atoms with Crippen molar-refractivity contribution in [1.29, 1.82) is 5.26 Å². The Morgan fingerprint density at radius 2 is 1.96 bits per heavy atom. The quantitative estimate of drug-likeness (QED) is 0.769. The first-order chi connectivity index (χ1) is 11.7. The molecule has 1 aliphatic rings. The zero-order chi connectivity index (χ0) is 18.7. The van der Waals surface area contributed by atoms with Crippen molar-refractivity contribution >= 4 is 10.0 Å². The average molecular weight is 365 g/mol. The predicted molar refractivity (Wildman–Crippen MR) is 96.7 cm³/mol. The van der Waals surface area contributed by atoms with E-state index in [1.165, 1.54) is 10.4 Å². The topological polar surface area (TPSA) is 73.6 Å². The van der Waals surface area contributed by atoms with Gasteiger partial charge in [0.25, 0.3) is 0 Å². The van der Waals surface area contributed by atoms with Crippen LogP contribution in [0.25, 0.3) is 0 Å². The lowest BCUT2D eigenvalue weighted by molar-refractivity contribution is 0.0193. The van der Waals surface area contributed by atoms with E-state index in [9.17, 15) is 8.42 Å². The van der Waals surface area contributed by atoms with E-state index in [4.69, 9.17) is 10.00 Å². The van der Waals surface area contributed by atoms with Gasteiger partial charge < -0.3 is 4.74 Å². The molecule has 6 nitrogen and oxygen atoms in total. The molecule has 0 atom stereocenters. The highest BCUT2D eigenvalue weighted by atomic mass is 32.2. The first kappa shape index (κ1) is 19.9. The van der Waals surface area contributed by atoms with Crippen molar-refractivity contribution in [2.45, 2.75) is 25.7 Å². The first-order valence-corrected chi connectivity index (χ1v) is 9.87. The molecule has 0 aliphatic carbocycles. The number of morpholine rings is 1. The second-order valence-corrected chi connectivity index (χ2v) is 9.42. The molecule has 0 unspecified atom stereocenters. The summed E-state index contributed by atoms with van der Waals surface area (Å²) in [5.41, 5.74) is 0.807. The Morgan fingerprint density at radius 1 is 1.32 bits per heavy atom. The third-order valence-corrected chi connectivity index (χ3v) is 6.36. The number of sulfonamides is 1. The maximum Gasteiger partial charge on any atom is 0.243 e. The minimum atomic E-state index is -3.64. The maximum absolute atomic E-state index is 13.0. The molecule has 138 valence electrons. The molecule has 2 rings (SSSR count). The SMILES string of the molecule is Cc1ccc(C#N)cc1S(=O)(=O)N(C)CC(C)(C)CN1CCOCC1. The summed E-state index contributed by atoms with van der Waals surface area (Å²) in [6.45, 7) is 10.3. The number of nitrogens with zero attached hydrogens (tertiary/aromatic N) is 3. The van der Waals surface area contributed by atoms with Gasteiger partial charge in [-0.2, -0.15) is 5.26 Å². The highest BCUT2D eigenvalue weighted by Crippen LogP contribution is 2.25. The third kappa shape index (κ3) is 5.02. The molecule has 0 saturated carbocycles. The molecule has 0 spiro atoms. The zero-order valence-electron chi connectivity index (χ0n) is 15.4. The van der Waals surface area contributed by atoms with Gasteiger partial charge in [0, 0.05) is 33.2 Å². The maximum atomic E-state index is 13.0. The standard InChI is InChI=1S/C18H27N3O3S/c1-15-5-6-16(12-19)11-17(15)25(22,23)20(4)13-18(2,3)14-21-7-9-24-10-8-21/h5-6,11H,7-10,13-14H2,1-4H3. The number of hydrogen-bond donors (Lipinski definition) is 0. The Bertz CT molecular complexity index is 747. The van der Waals surface area contributed by atoms with Crippen LogP contribution in [0.4, 0.5) is 0 Å². The van der Waals surface area contributed by atoms with Gasteiger partial charge in [0.2, 0.25) is 10.0 Å². The smallest absolute Gasteiger partial charge is 0.243 e. The van der Waals surface area contributed by atoms with Crippen molar-refractivity contribution in [1.82, 2.24) is 9.21 Å². The summed E-state index contributed by atoms with van der Waals surface area (Å²) < 4.78 is 32.7. The van der Waals surface area contributed by atoms with Crippen LogP contribution in [0.1, 0.15) is 25.0 Å². The van der Waals surface area contributed by atoms with Crippen molar-refractivity contribution in [2.75, 3.05) is 46.4 Å². The van der Waals surface area contributed by atoms with E-state index in [2.05, 4.69) is 18.7 Å². The fourth-order valence-electron chi connectivity index (χ4n) is 3.22. The van der Waals surface area contributed by atoms with Crippen molar-refractivity contribution in [3.8, 4) is 6.07 Å². The molecule has 0 amide bonds. The van der Waals surface area contributed by atoms with Crippen LogP contribution in [0, 0.1) is 23.7 Å². The number of ether oxygens (including phenoxy) is 1. The molecule has 0 radical (unpaired) electrons. The van der Waals surface area contributed by atoms with Gasteiger partial charge in [0.15, 0.2) is 0 Å². The minimum absolute atomic E-state index is 0.195. The molecule has 0 N–H and O–H groups in total. The van der Waals surface area contributed by atoms with E-state index < -0.39 is 10.0 Å². The lowest BCUT2D eigenvalue weighted by atomic mass is 9.92. The van der Waals surface area contributed by atoms with Gasteiger partial charge in [-0.15, -0.1) is 0 Å². The van der Waals surface area contributed by atoms with Crippen molar-refractivity contribution in [3.63, 3.8) is 0 Å². The van der Waals surface area contributed by atoms with Crippen molar-refractivity contribution in [3.05, 3.63) is 29.3 Å². The van der Waals surface area contributed by atoms with Crippen LogP contribution in [-0.2, 0) is 14.8 Å². The van der Waals surface area contributed by atoms with Gasteiger partial charge >= 0.3 is 0 Å². The number of nitriles is 1. The van der Waals surface area contributed by atoms with E-state index in [0.717, 1.165) is 32.8 Å². The monoisotopic (exact) mass is 365 g/mol. The van der Waals surface area contributed by atoms with Gasteiger partial charge in [-0.05, 0) is 30.0 Å². The molecule has 0 bridgehead atoms. The first-order valence-electron chi connectivity index (χ1n) is 8.43. The van der Waals surface area contributed by atoms with E-state index >= 15 is 0 Å². The molecule has 7 heteroatoms. The van der Waals surface area contributed by atoms with Crippen molar-refractivity contribution < 1.29 is 13.2 Å². The van der Waals surface area contributed by atoms with Crippen LogP contribution in [0.3, 0.4) is 0 Å². The van der Waals surface area contributed by atoms with Crippen LogP contribution >= 0.6 is 0 Å². The van der Waals surface area contributed by atoms with Gasteiger partial charge in [-0.25, -0.2) is 12.7 Å². The normalized spacial score (nSPS) is 16.8.